The minimum Gasteiger partial charge on any atom is -0.348 e. The van der Waals surface area contributed by atoms with E-state index in [0.717, 1.165) is 18.5 Å². The first-order chi connectivity index (χ1) is 8.84. The highest BCUT2D eigenvalue weighted by Gasteiger charge is 2.33. The number of hydrogen-bond donors (Lipinski definition) is 0. The van der Waals surface area contributed by atoms with Gasteiger partial charge in [0.1, 0.15) is 0 Å². The molecule has 2 nitrogen and oxygen atoms in total. The summed E-state index contributed by atoms with van der Waals surface area (Å²) in [4.78, 5) is 12.3. The fourth-order valence-electron chi connectivity index (χ4n) is 3.11. The van der Waals surface area contributed by atoms with Crippen molar-refractivity contribution in [2.45, 2.75) is 47.1 Å². The monoisotopic (exact) mass is 279 g/mol. The number of Topliss-reactive ketones (excluding diaryl/α,β-unsaturated/α-hetero) is 1. The van der Waals surface area contributed by atoms with E-state index in [-0.39, 0.29) is 5.41 Å². The van der Waals surface area contributed by atoms with Gasteiger partial charge in [-0.05, 0) is 42.8 Å². The van der Waals surface area contributed by atoms with E-state index in [0.29, 0.717) is 18.1 Å². The van der Waals surface area contributed by atoms with Crippen LogP contribution in [0.5, 0.6) is 0 Å². The molecule has 1 atom stereocenters. The van der Waals surface area contributed by atoms with Crippen molar-refractivity contribution in [2.24, 2.45) is 11.3 Å². The molecule has 0 aliphatic heterocycles. The first-order valence-electron chi connectivity index (χ1n) is 7.05. The van der Waals surface area contributed by atoms with Gasteiger partial charge < -0.3 is 4.57 Å². The molecule has 0 saturated heterocycles. The summed E-state index contributed by atoms with van der Waals surface area (Å²) in [6, 6.07) is 2.10. The topological polar surface area (TPSA) is 22.0 Å². The Morgan fingerprint density at radius 3 is 2.74 bits per heavy atom. The lowest BCUT2D eigenvalue weighted by molar-refractivity contribution is 0.0909. The van der Waals surface area contributed by atoms with Crippen molar-refractivity contribution in [1.29, 1.82) is 0 Å². The number of nitrogens with zero attached hydrogens (tertiary/aromatic N) is 1. The maximum absolute atomic E-state index is 12.3. The maximum Gasteiger partial charge on any atom is 0.165 e. The number of thioether (sulfide) groups is 1. The van der Waals surface area contributed by atoms with Crippen molar-refractivity contribution >= 4 is 17.5 Å². The van der Waals surface area contributed by atoms with Crippen molar-refractivity contribution in [3.63, 3.8) is 0 Å². The Morgan fingerprint density at radius 1 is 1.42 bits per heavy atom. The Hall–Kier alpha value is -0.700. The zero-order valence-electron chi connectivity index (χ0n) is 12.7. The van der Waals surface area contributed by atoms with Crippen LogP contribution in [-0.2, 0) is 13.0 Å². The van der Waals surface area contributed by atoms with Crippen LogP contribution < -0.4 is 0 Å². The lowest BCUT2D eigenvalue weighted by Gasteiger charge is -2.30. The molecule has 0 spiro atoms. The van der Waals surface area contributed by atoms with E-state index in [2.05, 4.69) is 44.6 Å². The van der Waals surface area contributed by atoms with E-state index < -0.39 is 0 Å². The van der Waals surface area contributed by atoms with Crippen molar-refractivity contribution < 1.29 is 4.79 Å². The summed E-state index contributed by atoms with van der Waals surface area (Å²) in [6.45, 7) is 9.85. The fourth-order valence-corrected chi connectivity index (χ4v) is 3.78. The Labute approximate surface area is 121 Å². The van der Waals surface area contributed by atoms with Gasteiger partial charge in [0.05, 0.1) is 0 Å². The van der Waals surface area contributed by atoms with Crippen molar-refractivity contribution in [1.82, 2.24) is 4.57 Å². The highest BCUT2D eigenvalue weighted by Crippen LogP contribution is 2.36. The van der Waals surface area contributed by atoms with E-state index in [1.54, 1.807) is 0 Å². The number of hydrogen-bond acceptors (Lipinski definition) is 2. The van der Waals surface area contributed by atoms with E-state index in [1.807, 2.05) is 11.8 Å². The van der Waals surface area contributed by atoms with Gasteiger partial charge in [0.2, 0.25) is 0 Å². The van der Waals surface area contributed by atoms with Crippen LogP contribution in [-0.4, -0.2) is 22.4 Å². The third-order valence-corrected chi connectivity index (χ3v) is 4.85. The van der Waals surface area contributed by atoms with Crippen molar-refractivity contribution in [2.75, 3.05) is 12.0 Å². The van der Waals surface area contributed by atoms with Crippen LogP contribution in [0.2, 0.25) is 0 Å². The predicted molar refractivity (Wildman–Crippen MR) is 83.1 cm³/mol. The molecule has 1 aliphatic rings. The summed E-state index contributed by atoms with van der Waals surface area (Å²) in [5.41, 5.74) is 3.60. The molecule has 3 heteroatoms. The lowest BCUT2D eigenvalue weighted by Crippen LogP contribution is -2.28. The number of aryl methyl sites for hydroxylation is 1. The van der Waals surface area contributed by atoms with Crippen LogP contribution in [0.1, 0.15) is 48.9 Å². The number of ketones is 1. The van der Waals surface area contributed by atoms with Crippen LogP contribution in [0.4, 0.5) is 0 Å². The molecule has 19 heavy (non-hydrogen) atoms. The van der Waals surface area contributed by atoms with Gasteiger partial charge in [-0.2, -0.15) is 11.8 Å². The average molecular weight is 279 g/mol. The molecule has 0 amide bonds. The Balaban J connectivity index is 2.33. The minimum atomic E-state index is 0.107. The number of aromatic nitrogens is 1. The van der Waals surface area contributed by atoms with Crippen molar-refractivity contribution in [3.8, 4) is 0 Å². The molecule has 0 radical (unpaired) electrons. The number of carbonyl (C=O) groups is 1. The highest BCUT2D eigenvalue weighted by atomic mass is 32.2. The molecule has 1 heterocycles. The van der Waals surface area contributed by atoms with Gasteiger partial charge in [-0.1, -0.05) is 20.8 Å². The molecule has 106 valence electrons. The summed E-state index contributed by atoms with van der Waals surface area (Å²) < 4.78 is 2.38. The van der Waals surface area contributed by atoms with Crippen LogP contribution in [0, 0.1) is 18.3 Å². The van der Waals surface area contributed by atoms with Gasteiger partial charge in [-0.25, -0.2) is 0 Å². The lowest BCUT2D eigenvalue weighted by atomic mass is 9.76. The normalized spacial score (nSPS) is 19.3. The Kier molecular flexibility index (Phi) is 4.14. The van der Waals surface area contributed by atoms with Gasteiger partial charge >= 0.3 is 0 Å². The van der Waals surface area contributed by atoms with Crippen LogP contribution in [0.3, 0.4) is 0 Å². The molecule has 0 aromatic carbocycles. The second-order valence-electron chi connectivity index (χ2n) is 6.76. The molecule has 0 bridgehead atoms. The van der Waals surface area contributed by atoms with E-state index >= 15 is 0 Å². The average Bonchev–Trinajstić information content (AvgIpc) is 2.56. The van der Waals surface area contributed by atoms with Crippen LogP contribution in [0.15, 0.2) is 6.07 Å². The number of fused-ring (bicyclic) bond motifs is 1. The third kappa shape index (κ3) is 3.07. The Morgan fingerprint density at radius 2 is 2.11 bits per heavy atom. The molecule has 2 rings (SSSR count). The van der Waals surface area contributed by atoms with Gasteiger partial charge in [-0.3, -0.25) is 4.79 Å². The van der Waals surface area contributed by atoms with Crippen LogP contribution >= 0.6 is 11.8 Å². The summed E-state index contributed by atoms with van der Waals surface area (Å²) in [5.74, 6) is 2.14. The molecule has 1 aromatic rings. The first kappa shape index (κ1) is 14.7. The summed E-state index contributed by atoms with van der Waals surface area (Å²) >= 11 is 1.89. The zero-order chi connectivity index (χ0) is 14.2. The predicted octanol–water partition coefficient (Wildman–Crippen LogP) is 3.95. The van der Waals surface area contributed by atoms with Crippen LogP contribution in [0.25, 0.3) is 0 Å². The number of rotatable bonds is 4. The summed E-state index contributed by atoms with van der Waals surface area (Å²) in [6.07, 6.45) is 3.86. The quantitative estimate of drug-likeness (QED) is 0.832. The third-order valence-electron chi connectivity index (χ3n) is 3.95. The molecule has 1 aromatic heterocycles. The smallest absolute Gasteiger partial charge is 0.165 e. The fraction of sp³-hybridized carbons (Fsp3) is 0.688. The molecular weight excluding hydrogens is 254 g/mol. The summed E-state index contributed by atoms with van der Waals surface area (Å²) in [7, 11) is 0. The van der Waals surface area contributed by atoms with E-state index in [4.69, 9.17) is 0 Å². The molecule has 1 aliphatic carbocycles. The van der Waals surface area contributed by atoms with Gasteiger partial charge in [0.25, 0.3) is 0 Å². The SMILES string of the molecule is CSCC(C)Cn1c(C)cc2c1CC(C)(C)CC2=O. The molecule has 0 N–H and O–H groups in total. The second kappa shape index (κ2) is 5.35. The minimum absolute atomic E-state index is 0.107. The largest absolute Gasteiger partial charge is 0.348 e. The first-order valence-corrected chi connectivity index (χ1v) is 8.44. The van der Waals surface area contributed by atoms with Crippen molar-refractivity contribution in [3.05, 3.63) is 23.0 Å². The van der Waals surface area contributed by atoms with E-state index in [9.17, 15) is 4.79 Å². The molecule has 0 saturated carbocycles. The number of carbonyl (C=O) groups excluding carboxylic acids is 1. The maximum atomic E-state index is 12.3. The van der Waals surface area contributed by atoms with Gasteiger partial charge in [0, 0.05) is 29.9 Å². The molecule has 1 unspecified atom stereocenters. The van der Waals surface area contributed by atoms with E-state index in [1.165, 1.54) is 17.1 Å². The van der Waals surface area contributed by atoms with Gasteiger partial charge in [0.15, 0.2) is 5.78 Å². The standard InChI is InChI=1S/C16H25NOS/c1-11(10-19-5)9-17-12(2)6-13-14(17)7-16(3,4)8-15(13)18/h6,11H,7-10H2,1-5H3. The molecular formula is C16H25NOS. The second-order valence-corrected chi connectivity index (χ2v) is 7.67. The highest BCUT2D eigenvalue weighted by molar-refractivity contribution is 7.98. The Bertz CT molecular complexity index is 487. The van der Waals surface area contributed by atoms with Gasteiger partial charge in [-0.15, -0.1) is 0 Å². The molecule has 0 fully saturated rings. The summed E-state index contributed by atoms with van der Waals surface area (Å²) in [5, 5.41) is 0. The zero-order valence-corrected chi connectivity index (χ0v) is 13.6.